The third-order valence-corrected chi connectivity index (χ3v) is 8.81. The summed E-state index contributed by atoms with van der Waals surface area (Å²) in [5.74, 6) is 0.373. The van der Waals surface area contributed by atoms with Crippen molar-refractivity contribution in [1.82, 2.24) is 14.9 Å². The first-order chi connectivity index (χ1) is 19.6. The summed E-state index contributed by atoms with van der Waals surface area (Å²) < 4.78 is 6.08. The molecule has 0 spiro atoms. The molecule has 1 aromatic carbocycles. The molecule has 218 valence electrons. The Kier molecular flexibility index (Phi) is 8.55. The fraction of sp³-hybridized carbons (Fsp3) is 0.471. The molecule has 0 amide bonds. The molecule has 7 heteroatoms. The number of aromatic nitrogens is 2. The molecule has 0 unspecified atom stereocenters. The summed E-state index contributed by atoms with van der Waals surface area (Å²) in [6.07, 6.45) is 9.30. The number of aromatic carboxylic acids is 1. The fourth-order valence-corrected chi connectivity index (χ4v) is 6.02. The first-order valence-electron chi connectivity index (χ1n) is 14.9. The van der Waals surface area contributed by atoms with Crippen molar-refractivity contribution < 1.29 is 14.6 Å². The second kappa shape index (κ2) is 12.1. The van der Waals surface area contributed by atoms with Crippen LogP contribution in [0.3, 0.4) is 0 Å². The van der Waals surface area contributed by atoms with Crippen molar-refractivity contribution in [2.75, 3.05) is 37.6 Å². The molecule has 3 aromatic rings. The van der Waals surface area contributed by atoms with Crippen LogP contribution in [0.25, 0.3) is 11.0 Å². The number of nitrogens with one attached hydrogen (secondary N) is 1. The van der Waals surface area contributed by atoms with E-state index in [9.17, 15) is 9.90 Å². The number of pyridine rings is 1. The monoisotopic (exact) mass is 556 g/mol. The van der Waals surface area contributed by atoms with Gasteiger partial charge in [0.05, 0.1) is 6.20 Å². The third-order valence-electron chi connectivity index (χ3n) is 8.81. The molecule has 1 fully saturated rings. The molecular weight excluding hydrogens is 512 g/mol. The van der Waals surface area contributed by atoms with Gasteiger partial charge < -0.3 is 19.7 Å². The minimum atomic E-state index is -1.01. The lowest BCUT2D eigenvalue weighted by Crippen LogP contribution is -2.47. The van der Waals surface area contributed by atoms with Crippen LogP contribution in [0.5, 0.6) is 11.5 Å². The zero-order valence-electron chi connectivity index (χ0n) is 25.0. The summed E-state index contributed by atoms with van der Waals surface area (Å²) in [5, 5.41) is 10.7. The SMILES string of the molecule is C=C(CCC1=C(CN2CCN(c3ccc(C(=O)O)c(Oc4cnc5[nH]ccc5c4)c3)CC2)CCC(C)(C)C1)C(C)C. The van der Waals surface area contributed by atoms with Gasteiger partial charge in [0.15, 0.2) is 0 Å². The van der Waals surface area contributed by atoms with Crippen LogP contribution >= 0.6 is 0 Å². The average Bonchev–Trinajstić information content (AvgIpc) is 3.41. The van der Waals surface area contributed by atoms with Gasteiger partial charge in [-0.05, 0) is 67.7 Å². The highest BCUT2D eigenvalue weighted by atomic mass is 16.5. The van der Waals surface area contributed by atoms with Crippen molar-refractivity contribution in [1.29, 1.82) is 0 Å². The number of H-pyrrole nitrogens is 1. The molecule has 2 aliphatic rings. The van der Waals surface area contributed by atoms with E-state index in [4.69, 9.17) is 4.74 Å². The predicted octanol–water partition coefficient (Wildman–Crippen LogP) is 7.67. The van der Waals surface area contributed by atoms with Gasteiger partial charge in [0.25, 0.3) is 0 Å². The number of piperazine rings is 1. The third kappa shape index (κ3) is 7.02. The van der Waals surface area contributed by atoms with Crippen molar-refractivity contribution in [3.63, 3.8) is 0 Å². The number of carboxylic acid groups (broad SMARTS) is 1. The lowest BCUT2D eigenvalue weighted by Gasteiger charge is -2.39. The van der Waals surface area contributed by atoms with Crippen molar-refractivity contribution in [2.24, 2.45) is 11.3 Å². The van der Waals surface area contributed by atoms with E-state index in [-0.39, 0.29) is 5.56 Å². The Labute approximate surface area is 243 Å². The van der Waals surface area contributed by atoms with Gasteiger partial charge in [0.1, 0.15) is 22.7 Å². The molecule has 41 heavy (non-hydrogen) atoms. The molecule has 1 saturated heterocycles. The highest BCUT2D eigenvalue weighted by Gasteiger charge is 2.29. The number of benzene rings is 1. The van der Waals surface area contributed by atoms with Crippen LogP contribution in [0.1, 0.15) is 70.2 Å². The van der Waals surface area contributed by atoms with Crippen molar-refractivity contribution in [3.05, 3.63) is 71.6 Å². The maximum atomic E-state index is 12.0. The summed E-state index contributed by atoms with van der Waals surface area (Å²) in [7, 11) is 0. The minimum absolute atomic E-state index is 0.140. The average molecular weight is 557 g/mol. The Hall–Kier alpha value is -3.58. The summed E-state index contributed by atoms with van der Waals surface area (Å²) >= 11 is 0. The van der Waals surface area contributed by atoms with E-state index in [1.54, 1.807) is 23.4 Å². The van der Waals surface area contributed by atoms with Crippen LogP contribution in [0.2, 0.25) is 0 Å². The van der Waals surface area contributed by atoms with Gasteiger partial charge >= 0.3 is 5.97 Å². The number of hydrogen-bond donors (Lipinski definition) is 2. The van der Waals surface area contributed by atoms with Crippen LogP contribution < -0.4 is 9.64 Å². The van der Waals surface area contributed by atoms with E-state index in [0.717, 1.165) is 62.3 Å². The van der Waals surface area contributed by atoms with Gasteiger partial charge in [-0.2, -0.15) is 0 Å². The molecule has 2 aromatic heterocycles. The van der Waals surface area contributed by atoms with Gasteiger partial charge in [0, 0.05) is 56.1 Å². The molecule has 2 N–H and O–H groups in total. The number of nitrogens with zero attached hydrogens (tertiary/aromatic N) is 3. The van der Waals surface area contributed by atoms with E-state index < -0.39 is 5.97 Å². The maximum absolute atomic E-state index is 12.0. The van der Waals surface area contributed by atoms with Crippen LogP contribution in [0.4, 0.5) is 5.69 Å². The van der Waals surface area contributed by atoms with E-state index in [1.807, 2.05) is 30.5 Å². The predicted molar refractivity (Wildman–Crippen MR) is 166 cm³/mol. The first kappa shape index (κ1) is 28.9. The largest absolute Gasteiger partial charge is 0.478 e. The standard InChI is InChI=1S/C34H44N4O3/c1-23(2)24(3)6-7-26-20-34(4,5)12-10-27(26)22-37-14-16-38(17-15-37)28-8-9-30(33(39)40)31(19-28)41-29-18-25-11-13-35-32(25)36-21-29/h8-9,11,13,18-19,21,23H,3,6-7,10,12,14-17,20,22H2,1-2,4-5H3,(H,35,36)(H,39,40). The minimum Gasteiger partial charge on any atom is -0.478 e. The highest BCUT2D eigenvalue weighted by Crippen LogP contribution is 2.41. The summed E-state index contributed by atoms with van der Waals surface area (Å²) in [5.41, 5.74) is 6.92. The number of carboxylic acids is 1. The van der Waals surface area contributed by atoms with Gasteiger partial charge in [-0.3, -0.25) is 4.90 Å². The smallest absolute Gasteiger partial charge is 0.339 e. The van der Waals surface area contributed by atoms with Gasteiger partial charge in [0.2, 0.25) is 0 Å². The van der Waals surface area contributed by atoms with Gasteiger partial charge in [-0.1, -0.05) is 51.0 Å². The van der Waals surface area contributed by atoms with Gasteiger partial charge in [-0.15, -0.1) is 0 Å². The Morgan fingerprint density at radius 2 is 1.93 bits per heavy atom. The summed E-state index contributed by atoms with van der Waals surface area (Å²) in [6.45, 7) is 18.4. The topological polar surface area (TPSA) is 81.7 Å². The molecular formula is C34H44N4O3. The number of allylic oxidation sites excluding steroid dienone is 2. The van der Waals surface area contributed by atoms with Crippen LogP contribution in [-0.2, 0) is 0 Å². The fourth-order valence-electron chi connectivity index (χ4n) is 6.02. The second-order valence-corrected chi connectivity index (χ2v) is 12.8. The number of anilines is 1. The normalized spacial score (nSPS) is 17.8. The molecule has 1 aliphatic carbocycles. The molecule has 5 rings (SSSR count). The Balaban J connectivity index is 1.26. The summed E-state index contributed by atoms with van der Waals surface area (Å²) in [6, 6.07) is 9.17. The zero-order chi connectivity index (χ0) is 29.1. The van der Waals surface area contributed by atoms with Gasteiger partial charge in [-0.25, -0.2) is 9.78 Å². The lowest BCUT2D eigenvalue weighted by molar-refractivity contribution is 0.0694. The van der Waals surface area contributed by atoms with Crippen molar-refractivity contribution in [2.45, 2.75) is 59.8 Å². The highest BCUT2D eigenvalue weighted by molar-refractivity contribution is 5.92. The summed E-state index contributed by atoms with van der Waals surface area (Å²) in [4.78, 5) is 24.3. The number of aromatic amines is 1. The van der Waals surface area contributed by atoms with Crippen molar-refractivity contribution >= 4 is 22.7 Å². The molecule has 1 aliphatic heterocycles. The maximum Gasteiger partial charge on any atom is 0.339 e. The molecule has 0 saturated carbocycles. The van der Waals surface area contributed by atoms with Crippen LogP contribution in [-0.4, -0.2) is 58.7 Å². The Morgan fingerprint density at radius 1 is 1.15 bits per heavy atom. The molecule has 0 bridgehead atoms. The van der Waals surface area contributed by atoms with E-state index in [1.165, 1.54) is 24.8 Å². The number of ether oxygens (including phenoxy) is 1. The molecule has 0 atom stereocenters. The number of rotatable bonds is 10. The quantitative estimate of drug-likeness (QED) is 0.249. The number of carbonyl (C=O) groups is 1. The lowest BCUT2D eigenvalue weighted by atomic mass is 9.72. The van der Waals surface area contributed by atoms with Crippen LogP contribution in [0, 0.1) is 11.3 Å². The van der Waals surface area contributed by atoms with E-state index >= 15 is 0 Å². The molecule has 7 nitrogen and oxygen atoms in total. The molecule has 3 heterocycles. The van der Waals surface area contributed by atoms with E-state index in [0.29, 0.717) is 22.8 Å². The number of hydrogen-bond acceptors (Lipinski definition) is 5. The van der Waals surface area contributed by atoms with Crippen molar-refractivity contribution in [3.8, 4) is 11.5 Å². The number of fused-ring (bicyclic) bond motifs is 1. The molecule has 0 radical (unpaired) electrons. The zero-order valence-corrected chi connectivity index (χ0v) is 25.0. The van der Waals surface area contributed by atoms with Crippen LogP contribution in [0.15, 0.2) is 66.0 Å². The Bertz CT molecular complexity index is 1440. The second-order valence-electron chi connectivity index (χ2n) is 12.8. The first-order valence-corrected chi connectivity index (χ1v) is 14.9. The van der Waals surface area contributed by atoms with E-state index in [2.05, 4.69) is 54.0 Å². The Morgan fingerprint density at radius 3 is 2.66 bits per heavy atom.